The van der Waals surface area contributed by atoms with E-state index in [1.807, 2.05) is 4.72 Å². The number of nitriles is 1. The first-order valence-electron chi connectivity index (χ1n) is 8.88. The van der Waals surface area contributed by atoms with E-state index in [1.165, 1.54) is 16.8 Å². The van der Waals surface area contributed by atoms with Gasteiger partial charge in [-0.3, -0.25) is 9.52 Å². The number of anilines is 1. The molecule has 1 aromatic carbocycles. The van der Waals surface area contributed by atoms with Crippen LogP contribution in [0.2, 0.25) is 0 Å². The predicted molar refractivity (Wildman–Crippen MR) is 102 cm³/mol. The van der Waals surface area contributed by atoms with E-state index in [4.69, 9.17) is 5.26 Å². The lowest BCUT2D eigenvalue weighted by Crippen LogP contribution is -2.20. The van der Waals surface area contributed by atoms with Crippen LogP contribution in [0.15, 0.2) is 40.3 Å². The summed E-state index contributed by atoms with van der Waals surface area (Å²) < 4.78 is 57.3. The zero-order valence-corrected chi connectivity index (χ0v) is 15.9. The Morgan fingerprint density at radius 1 is 1.28 bits per heavy atom. The number of pyridine rings is 1. The largest absolute Gasteiger partial charge is 0.355 e. The average molecular weight is 418 g/mol. The Bertz CT molecular complexity index is 1320. The highest BCUT2D eigenvalue weighted by molar-refractivity contribution is 7.93. The normalized spacial score (nSPS) is 14.1. The molecule has 7 nitrogen and oxygen atoms in total. The maximum absolute atomic E-state index is 14.2. The van der Waals surface area contributed by atoms with Crippen LogP contribution in [0.1, 0.15) is 18.4 Å². The van der Waals surface area contributed by atoms with E-state index >= 15 is 0 Å². The third kappa shape index (κ3) is 3.61. The van der Waals surface area contributed by atoms with Crippen LogP contribution >= 0.6 is 0 Å². The molecule has 0 aliphatic heterocycles. The molecule has 10 heteroatoms. The molecule has 2 aromatic heterocycles. The van der Waals surface area contributed by atoms with Crippen molar-refractivity contribution in [3.05, 3.63) is 58.1 Å². The van der Waals surface area contributed by atoms with Gasteiger partial charge in [-0.25, -0.2) is 17.2 Å². The first kappa shape index (κ1) is 19.1. The lowest BCUT2D eigenvalue weighted by molar-refractivity contribution is 0.589. The molecule has 1 saturated carbocycles. The number of H-pyrrole nitrogens is 1. The van der Waals surface area contributed by atoms with E-state index in [0.29, 0.717) is 18.5 Å². The average Bonchev–Trinajstić information content (AvgIpc) is 3.36. The summed E-state index contributed by atoms with van der Waals surface area (Å²) in [6.07, 6.45) is 4.47. The summed E-state index contributed by atoms with van der Waals surface area (Å²) in [5, 5.41) is 8.79. The fourth-order valence-corrected chi connectivity index (χ4v) is 4.40. The molecule has 0 spiro atoms. The number of hydrogen-bond donors (Lipinski definition) is 2. The minimum Gasteiger partial charge on any atom is -0.355 e. The van der Waals surface area contributed by atoms with Gasteiger partial charge in [0.2, 0.25) is 0 Å². The Morgan fingerprint density at radius 2 is 2.03 bits per heavy atom. The van der Waals surface area contributed by atoms with Crippen molar-refractivity contribution in [2.45, 2.75) is 30.7 Å². The monoisotopic (exact) mass is 418 g/mol. The highest BCUT2D eigenvalue weighted by Crippen LogP contribution is 2.31. The summed E-state index contributed by atoms with van der Waals surface area (Å²) in [6, 6.07) is 4.69. The van der Waals surface area contributed by atoms with Gasteiger partial charge in [0.25, 0.3) is 15.6 Å². The summed E-state index contributed by atoms with van der Waals surface area (Å²) >= 11 is 0. The second-order valence-corrected chi connectivity index (χ2v) is 8.67. The third-order valence-electron chi connectivity index (χ3n) is 4.87. The molecule has 1 fully saturated rings. The summed E-state index contributed by atoms with van der Waals surface area (Å²) in [5.74, 6) is -1.44. The zero-order valence-electron chi connectivity index (χ0n) is 15.1. The molecule has 0 atom stereocenters. The quantitative estimate of drug-likeness (QED) is 0.642. The van der Waals surface area contributed by atoms with Gasteiger partial charge in [0.05, 0.1) is 18.2 Å². The number of halogens is 2. The smallest absolute Gasteiger partial charge is 0.274 e. The van der Waals surface area contributed by atoms with Crippen LogP contribution in [-0.2, 0) is 23.0 Å². The van der Waals surface area contributed by atoms with Crippen molar-refractivity contribution in [2.75, 3.05) is 4.72 Å². The van der Waals surface area contributed by atoms with Gasteiger partial charge in [0, 0.05) is 36.0 Å². The molecular weight excluding hydrogens is 402 g/mol. The molecule has 0 unspecified atom stereocenters. The van der Waals surface area contributed by atoms with Gasteiger partial charge in [0.15, 0.2) is 0 Å². The standard InChI is InChI=1S/C19H16F2N4O3S/c20-14-8-16(15(21)7-12(14)3-5-22)24-29(27,28)17-9-23-18-13(17)4-6-25(19(18)26)10-11-1-2-11/h4,6-9,11,23-24H,1-3,10H2. The number of aromatic nitrogens is 2. The second kappa shape index (κ2) is 7.00. The van der Waals surface area contributed by atoms with Crippen molar-refractivity contribution in [2.24, 2.45) is 5.92 Å². The molecule has 0 bridgehead atoms. The van der Waals surface area contributed by atoms with Crippen LogP contribution in [-0.4, -0.2) is 18.0 Å². The lowest BCUT2D eigenvalue weighted by atomic mass is 10.1. The van der Waals surface area contributed by atoms with Gasteiger partial charge in [-0.2, -0.15) is 5.26 Å². The van der Waals surface area contributed by atoms with Crippen molar-refractivity contribution in [3.8, 4) is 6.07 Å². The molecule has 1 aliphatic carbocycles. The number of nitrogens with zero attached hydrogens (tertiary/aromatic N) is 2. The molecule has 2 heterocycles. The van der Waals surface area contributed by atoms with E-state index in [-0.39, 0.29) is 33.3 Å². The number of aromatic amines is 1. The number of rotatable bonds is 6. The summed E-state index contributed by atoms with van der Waals surface area (Å²) in [4.78, 5) is 15.0. The molecule has 2 N–H and O–H groups in total. The number of benzene rings is 1. The Morgan fingerprint density at radius 3 is 2.72 bits per heavy atom. The molecule has 29 heavy (non-hydrogen) atoms. The van der Waals surface area contributed by atoms with Crippen LogP contribution < -0.4 is 10.3 Å². The first-order chi connectivity index (χ1) is 13.8. The third-order valence-corrected chi connectivity index (χ3v) is 6.27. The van der Waals surface area contributed by atoms with E-state index in [9.17, 15) is 22.0 Å². The summed E-state index contributed by atoms with van der Waals surface area (Å²) in [7, 11) is -4.30. The van der Waals surface area contributed by atoms with Crippen LogP contribution in [0.25, 0.3) is 10.9 Å². The molecule has 4 rings (SSSR count). The highest BCUT2D eigenvalue weighted by atomic mass is 32.2. The van der Waals surface area contributed by atoms with Crippen molar-refractivity contribution >= 4 is 26.6 Å². The Kier molecular flexibility index (Phi) is 4.62. The van der Waals surface area contributed by atoms with Gasteiger partial charge >= 0.3 is 0 Å². The molecule has 1 aliphatic rings. The maximum atomic E-state index is 14.2. The van der Waals surface area contributed by atoms with E-state index in [1.54, 1.807) is 6.07 Å². The maximum Gasteiger partial charge on any atom is 0.274 e. The van der Waals surface area contributed by atoms with Gasteiger partial charge < -0.3 is 9.55 Å². The van der Waals surface area contributed by atoms with E-state index < -0.39 is 27.3 Å². The van der Waals surface area contributed by atoms with Gasteiger partial charge in [-0.05, 0) is 30.9 Å². The van der Waals surface area contributed by atoms with Crippen molar-refractivity contribution in [3.63, 3.8) is 0 Å². The fraction of sp³-hybridized carbons (Fsp3) is 0.263. The molecule has 0 amide bonds. The molecule has 150 valence electrons. The fourth-order valence-electron chi connectivity index (χ4n) is 3.17. The molecule has 3 aromatic rings. The highest BCUT2D eigenvalue weighted by Gasteiger charge is 2.25. The number of fused-ring (bicyclic) bond motifs is 1. The minimum absolute atomic E-state index is 0.129. The van der Waals surface area contributed by atoms with E-state index in [0.717, 1.165) is 25.1 Å². The zero-order chi connectivity index (χ0) is 20.8. The van der Waals surface area contributed by atoms with Crippen LogP contribution in [0, 0.1) is 28.9 Å². The minimum atomic E-state index is -4.30. The molecule has 0 radical (unpaired) electrons. The first-order valence-corrected chi connectivity index (χ1v) is 10.4. The van der Waals surface area contributed by atoms with Crippen molar-refractivity contribution < 1.29 is 17.2 Å². The summed E-state index contributed by atoms with van der Waals surface area (Å²) in [5.41, 5.74) is -0.963. The van der Waals surface area contributed by atoms with Gasteiger partial charge in [0.1, 0.15) is 22.0 Å². The SMILES string of the molecule is N#CCc1cc(F)c(NS(=O)(=O)c2c[nH]c3c(=O)n(CC4CC4)ccc23)cc1F. The van der Waals surface area contributed by atoms with Crippen molar-refractivity contribution in [1.29, 1.82) is 5.26 Å². The van der Waals surface area contributed by atoms with Crippen molar-refractivity contribution in [1.82, 2.24) is 9.55 Å². The molecular formula is C19H16F2N4O3S. The predicted octanol–water partition coefficient (Wildman–Crippen LogP) is 2.88. The topological polar surface area (TPSA) is 108 Å². The lowest BCUT2D eigenvalue weighted by Gasteiger charge is -2.10. The number of sulfonamides is 1. The number of hydrogen-bond acceptors (Lipinski definition) is 4. The summed E-state index contributed by atoms with van der Waals surface area (Å²) in [6.45, 7) is 0.577. The van der Waals surface area contributed by atoms with E-state index in [2.05, 4.69) is 4.98 Å². The Labute approximate surface area is 164 Å². The number of nitrogens with one attached hydrogen (secondary N) is 2. The van der Waals surface area contributed by atoms with Gasteiger partial charge in [-0.15, -0.1) is 0 Å². The van der Waals surface area contributed by atoms with Gasteiger partial charge in [-0.1, -0.05) is 0 Å². The van der Waals surface area contributed by atoms with Crippen LogP contribution in [0.4, 0.5) is 14.5 Å². The molecule has 0 saturated heterocycles. The van der Waals surface area contributed by atoms with Crippen LogP contribution in [0.3, 0.4) is 0 Å². The Hall–Kier alpha value is -3.19. The second-order valence-electron chi connectivity index (χ2n) is 7.02. The Balaban J connectivity index is 1.70. The van der Waals surface area contributed by atoms with Crippen LogP contribution in [0.5, 0.6) is 0 Å².